The van der Waals surface area contributed by atoms with Gasteiger partial charge in [-0.05, 0) is 37.6 Å². The van der Waals surface area contributed by atoms with Crippen LogP contribution < -0.4 is 18.9 Å². The number of rotatable bonds is 9. The largest absolute Gasteiger partial charge is 0.493 e. The smallest absolute Gasteiger partial charge is 0.344 e. The molecule has 0 saturated carbocycles. The van der Waals surface area contributed by atoms with E-state index in [0.29, 0.717) is 29.4 Å². The highest BCUT2D eigenvalue weighted by Crippen LogP contribution is 2.42. The van der Waals surface area contributed by atoms with Crippen LogP contribution in [0, 0.1) is 6.92 Å². The molecule has 8 nitrogen and oxygen atoms in total. The number of benzene rings is 2. The molecule has 1 heterocycles. The summed E-state index contributed by atoms with van der Waals surface area (Å²) in [6.07, 6.45) is -0.680. The second-order valence-electron chi connectivity index (χ2n) is 6.88. The summed E-state index contributed by atoms with van der Waals surface area (Å²) >= 11 is 0. The molecule has 31 heavy (non-hydrogen) atoms. The quantitative estimate of drug-likeness (QED) is 0.550. The van der Waals surface area contributed by atoms with Gasteiger partial charge in [0.15, 0.2) is 17.6 Å². The second kappa shape index (κ2) is 9.42. The Hall–Kier alpha value is -3.68. The van der Waals surface area contributed by atoms with Crippen LogP contribution in [0.1, 0.15) is 18.9 Å². The molecular formula is C23H26N2O6. The molecule has 0 amide bonds. The number of aryl methyl sites for hydroxylation is 1. The van der Waals surface area contributed by atoms with Gasteiger partial charge >= 0.3 is 5.97 Å². The zero-order chi connectivity index (χ0) is 22.5. The summed E-state index contributed by atoms with van der Waals surface area (Å²) in [5, 5.41) is 13.9. The summed E-state index contributed by atoms with van der Waals surface area (Å²) in [6.45, 7) is 3.75. The molecule has 0 fully saturated rings. The second-order valence-corrected chi connectivity index (χ2v) is 6.88. The van der Waals surface area contributed by atoms with E-state index in [9.17, 15) is 9.90 Å². The van der Waals surface area contributed by atoms with Crippen molar-refractivity contribution in [2.75, 3.05) is 21.3 Å². The number of hydrogen-bond donors (Lipinski definition) is 1. The third kappa shape index (κ3) is 4.58. The Labute approximate surface area is 180 Å². The molecule has 0 aliphatic carbocycles. The molecule has 3 rings (SSSR count). The maximum absolute atomic E-state index is 11.4. The Morgan fingerprint density at radius 1 is 1.03 bits per heavy atom. The van der Waals surface area contributed by atoms with E-state index in [1.54, 1.807) is 51.1 Å². The molecule has 0 aliphatic heterocycles. The highest BCUT2D eigenvalue weighted by atomic mass is 16.5. The number of nitrogens with zero attached hydrogens (tertiary/aromatic N) is 2. The lowest BCUT2D eigenvalue weighted by Gasteiger charge is -2.15. The van der Waals surface area contributed by atoms with Crippen LogP contribution in [-0.2, 0) is 4.79 Å². The maximum atomic E-state index is 11.4. The third-order valence-corrected chi connectivity index (χ3v) is 4.84. The van der Waals surface area contributed by atoms with Gasteiger partial charge in [0.2, 0.25) is 11.6 Å². The summed E-state index contributed by atoms with van der Waals surface area (Å²) in [4.78, 5) is 11.4. The zero-order valence-electron chi connectivity index (χ0n) is 18.2. The lowest BCUT2D eigenvalue weighted by molar-refractivity contribution is -0.145. The number of carboxylic acid groups (broad SMARTS) is 1. The molecule has 164 valence electrons. The Morgan fingerprint density at radius 3 is 2.13 bits per heavy atom. The summed E-state index contributed by atoms with van der Waals surface area (Å²) in [7, 11) is 4.64. The van der Waals surface area contributed by atoms with Gasteiger partial charge in [0.05, 0.1) is 32.7 Å². The van der Waals surface area contributed by atoms with E-state index < -0.39 is 12.1 Å². The van der Waals surface area contributed by atoms with E-state index in [1.165, 1.54) is 0 Å². The minimum Gasteiger partial charge on any atom is -0.493 e. The van der Waals surface area contributed by atoms with Crippen LogP contribution in [0.25, 0.3) is 16.9 Å². The molecule has 8 heteroatoms. The van der Waals surface area contributed by atoms with Gasteiger partial charge in [-0.15, -0.1) is 5.10 Å². The van der Waals surface area contributed by atoms with Gasteiger partial charge in [0.1, 0.15) is 0 Å². The minimum absolute atomic E-state index is 0.207. The zero-order valence-corrected chi connectivity index (χ0v) is 18.2. The number of methoxy groups -OCH3 is 3. The average Bonchev–Trinajstić information content (AvgIpc) is 3.20. The van der Waals surface area contributed by atoms with Crippen LogP contribution in [0.15, 0.2) is 42.5 Å². The number of aromatic nitrogens is 2. The Bertz CT molecular complexity index is 1030. The van der Waals surface area contributed by atoms with Gasteiger partial charge < -0.3 is 24.1 Å². The van der Waals surface area contributed by atoms with E-state index >= 15 is 0 Å². The molecule has 3 aromatic rings. The molecule has 0 radical (unpaired) electrons. The molecule has 0 saturated heterocycles. The van der Waals surface area contributed by atoms with Crippen LogP contribution in [0.4, 0.5) is 0 Å². The average molecular weight is 426 g/mol. The van der Waals surface area contributed by atoms with Crippen LogP contribution in [0.3, 0.4) is 0 Å². The molecule has 1 unspecified atom stereocenters. The van der Waals surface area contributed by atoms with Gasteiger partial charge in [-0.25, -0.2) is 9.48 Å². The van der Waals surface area contributed by atoms with Gasteiger partial charge in [0.25, 0.3) is 0 Å². The van der Waals surface area contributed by atoms with Crippen molar-refractivity contribution in [3.63, 3.8) is 0 Å². The van der Waals surface area contributed by atoms with Crippen molar-refractivity contribution in [2.24, 2.45) is 0 Å². The van der Waals surface area contributed by atoms with E-state index in [1.807, 2.05) is 31.2 Å². The SMILES string of the molecule is CCC(Oc1cc(-c2cc(OC)c(OC)c(OC)c2)n(-c2ccc(C)cc2)n1)C(=O)O. The first-order valence-corrected chi connectivity index (χ1v) is 9.78. The lowest BCUT2D eigenvalue weighted by Crippen LogP contribution is -2.26. The Balaban J connectivity index is 2.18. The van der Waals surface area contributed by atoms with Crippen molar-refractivity contribution in [1.82, 2.24) is 9.78 Å². The summed E-state index contributed by atoms with van der Waals surface area (Å²) in [6, 6.07) is 13.1. The monoisotopic (exact) mass is 426 g/mol. The minimum atomic E-state index is -1.04. The van der Waals surface area contributed by atoms with Crippen molar-refractivity contribution < 1.29 is 28.8 Å². The molecule has 0 spiro atoms. The first kappa shape index (κ1) is 22.0. The predicted octanol–water partition coefficient (Wildman–Crippen LogP) is 4.12. The van der Waals surface area contributed by atoms with Crippen molar-refractivity contribution >= 4 is 5.97 Å². The first-order valence-electron chi connectivity index (χ1n) is 9.78. The van der Waals surface area contributed by atoms with Gasteiger partial charge in [-0.3, -0.25) is 0 Å². The van der Waals surface area contributed by atoms with Crippen LogP contribution >= 0.6 is 0 Å². The molecule has 0 aliphatic rings. The molecule has 1 atom stereocenters. The summed E-state index contributed by atoms with van der Waals surface area (Å²) in [5.41, 5.74) is 3.32. The molecule has 1 aromatic heterocycles. The fourth-order valence-electron chi connectivity index (χ4n) is 3.19. The van der Waals surface area contributed by atoms with Crippen LogP contribution in [0.2, 0.25) is 0 Å². The van der Waals surface area contributed by atoms with Crippen LogP contribution in [0.5, 0.6) is 23.1 Å². The van der Waals surface area contributed by atoms with E-state index in [0.717, 1.165) is 16.8 Å². The number of carbonyl (C=O) groups is 1. The highest BCUT2D eigenvalue weighted by molar-refractivity contribution is 5.73. The standard InChI is InChI=1S/C23H26N2O6/c1-6-18(23(26)27)31-21-13-17(25(24-21)16-9-7-14(2)8-10-16)15-11-19(28-3)22(30-5)20(12-15)29-4/h7-13,18H,6H2,1-5H3,(H,26,27). The van der Waals surface area contributed by atoms with Crippen LogP contribution in [-0.4, -0.2) is 48.3 Å². The first-order chi connectivity index (χ1) is 14.9. The van der Waals surface area contributed by atoms with E-state index in [4.69, 9.17) is 18.9 Å². The van der Waals surface area contributed by atoms with Crippen molar-refractivity contribution in [2.45, 2.75) is 26.4 Å². The number of hydrogen-bond acceptors (Lipinski definition) is 6. The fourth-order valence-corrected chi connectivity index (χ4v) is 3.19. The molecule has 2 aromatic carbocycles. The third-order valence-electron chi connectivity index (χ3n) is 4.84. The highest BCUT2D eigenvalue weighted by Gasteiger charge is 2.22. The summed E-state index contributed by atoms with van der Waals surface area (Å²) in [5.74, 6) is 0.629. The Kier molecular flexibility index (Phi) is 6.69. The summed E-state index contributed by atoms with van der Waals surface area (Å²) < 4.78 is 23.7. The number of carboxylic acids is 1. The predicted molar refractivity (Wildman–Crippen MR) is 116 cm³/mol. The topological polar surface area (TPSA) is 92.0 Å². The van der Waals surface area contributed by atoms with Crippen molar-refractivity contribution in [3.8, 4) is 40.1 Å². The Morgan fingerprint density at radius 2 is 1.65 bits per heavy atom. The van der Waals surface area contributed by atoms with Gasteiger partial charge in [-0.1, -0.05) is 24.6 Å². The normalized spacial score (nSPS) is 11.6. The van der Waals surface area contributed by atoms with E-state index in [2.05, 4.69) is 5.10 Å². The van der Waals surface area contributed by atoms with Gasteiger partial charge in [0, 0.05) is 11.6 Å². The van der Waals surface area contributed by atoms with E-state index in [-0.39, 0.29) is 5.88 Å². The number of aliphatic carboxylic acids is 1. The van der Waals surface area contributed by atoms with Crippen molar-refractivity contribution in [3.05, 3.63) is 48.0 Å². The molecule has 1 N–H and O–H groups in total. The maximum Gasteiger partial charge on any atom is 0.344 e. The molecular weight excluding hydrogens is 400 g/mol. The number of ether oxygens (including phenoxy) is 4. The van der Waals surface area contributed by atoms with Crippen molar-refractivity contribution in [1.29, 1.82) is 0 Å². The lowest BCUT2D eigenvalue weighted by atomic mass is 10.1. The fraction of sp³-hybridized carbons (Fsp3) is 0.304. The van der Waals surface area contributed by atoms with Gasteiger partial charge in [-0.2, -0.15) is 0 Å². The molecule has 0 bridgehead atoms.